The van der Waals surface area contributed by atoms with Gasteiger partial charge < -0.3 is 9.84 Å². The Balaban J connectivity index is 2.38. The molecule has 0 aliphatic rings. The van der Waals surface area contributed by atoms with Gasteiger partial charge in [-0.2, -0.15) is 0 Å². The van der Waals surface area contributed by atoms with Gasteiger partial charge in [0.05, 0.1) is 10.7 Å². The number of halogens is 3. The van der Waals surface area contributed by atoms with E-state index in [0.717, 1.165) is 0 Å². The molecule has 1 unspecified atom stereocenters. The van der Waals surface area contributed by atoms with Gasteiger partial charge in [-0.05, 0) is 45.0 Å². The Bertz CT molecular complexity index is 790. The van der Waals surface area contributed by atoms with Crippen LogP contribution in [0.2, 0.25) is 10.0 Å². The molecule has 0 heterocycles. The number of rotatable bonds is 3. The highest BCUT2D eigenvalue weighted by Gasteiger charge is 2.22. The van der Waals surface area contributed by atoms with Gasteiger partial charge in [0.25, 0.3) is 0 Å². The van der Waals surface area contributed by atoms with Crippen molar-refractivity contribution in [3.8, 4) is 0 Å². The quantitative estimate of drug-likeness (QED) is 0.726. The number of aliphatic hydroxyl groups excluding tert-OH is 1. The van der Waals surface area contributed by atoms with Crippen molar-refractivity contribution < 1.29 is 19.0 Å². The lowest BCUT2D eigenvalue weighted by atomic mass is 9.99. The molecule has 1 atom stereocenters. The third kappa shape index (κ3) is 5.08. The molecular formula is C18H18Cl2FNO3. The van der Waals surface area contributed by atoms with Crippen LogP contribution in [0.15, 0.2) is 36.4 Å². The van der Waals surface area contributed by atoms with Crippen LogP contribution in [0, 0.1) is 5.82 Å². The molecule has 0 fully saturated rings. The first-order valence-electron chi connectivity index (χ1n) is 7.50. The lowest BCUT2D eigenvalue weighted by Gasteiger charge is -2.22. The second-order valence-electron chi connectivity index (χ2n) is 6.40. The van der Waals surface area contributed by atoms with E-state index in [1.165, 1.54) is 30.3 Å². The maximum absolute atomic E-state index is 13.7. The standard InChI is InChI=1S/C18H18Cl2FNO3/c1-18(2,3)25-17(24)22-14-8-7-10(19)9-12(14)16(23)11-5-4-6-13(21)15(11)20/h4-9,16,23H,1-3H3,(H,22,24). The molecule has 0 radical (unpaired) electrons. The van der Waals surface area contributed by atoms with Crippen molar-refractivity contribution in [2.75, 3.05) is 5.32 Å². The van der Waals surface area contributed by atoms with E-state index in [2.05, 4.69) is 5.32 Å². The predicted octanol–water partition coefficient (Wildman–Crippen LogP) is 5.56. The second-order valence-corrected chi connectivity index (χ2v) is 7.22. The summed E-state index contributed by atoms with van der Waals surface area (Å²) in [4.78, 5) is 12.0. The SMILES string of the molecule is CC(C)(C)OC(=O)Nc1ccc(Cl)cc1C(O)c1cccc(F)c1Cl. The van der Waals surface area contributed by atoms with Crippen molar-refractivity contribution in [2.24, 2.45) is 0 Å². The van der Waals surface area contributed by atoms with Crippen LogP contribution in [0.1, 0.15) is 38.0 Å². The number of nitrogens with one attached hydrogen (secondary N) is 1. The zero-order valence-electron chi connectivity index (χ0n) is 13.9. The molecule has 2 rings (SSSR count). The summed E-state index contributed by atoms with van der Waals surface area (Å²) in [5, 5.41) is 13.4. The van der Waals surface area contributed by atoms with Crippen molar-refractivity contribution in [3.63, 3.8) is 0 Å². The van der Waals surface area contributed by atoms with E-state index in [1.807, 2.05) is 0 Å². The third-order valence-corrected chi connectivity index (χ3v) is 3.85. The number of benzene rings is 2. The van der Waals surface area contributed by atoms with E-state index in [4.69, 9.17) is 27.9 Å². The number of aliphatic hydroxyl groups is 1. The average Bonchev–Trinajstić information content (AvgIpc) is 2.49. The minimum Gasteiger partial charge on any atom is -0.444 e. The van der Waals surface area contributed by atoms with Gasteiger partial charge in [0.15, 0.2) is 0 Å². The molecule has 0 aliphatic carbocycles. The Morgan fingerprint density at radius 2 is 1.88 bits per heavy atom. The molecule has 1 amide bonds. The topological polar surface area (TPSA) is 58.6 Å². The van der Waals surface area contributed by atoms with Crippen LogP contribution in [0.5, 0.6) is 0 Å². The molecule has 134 valence electrons. The van der Waals surface area contributed by atoms with E-state index in [9.17, 15) is 14.3 Å². The molecule has 7 heteroatoms. The average molecular weight is 386 g/mol. The molecule has 2 aromatic carbocycles. The maximum atomic E-state index is 13.7. The zero-order chi connectivity index (χ0) is 18.8. The largest absolute Gasteiger partial charge is 0.444 e. The number of carbonyl (C=O) groups excluding carboxylic acids is 1. The summed E-state index contributed by atoms with van der Waals surface area (Å²) in [5.74, 6) is -0.651. The van der Waals surface area contributed by atoms with Gasteiger partial charge in [-0.25, -0.2) is 9.18 Å². The summed E-state index contributed by atoms with van der Waals surface area (Å²) in [6.45, 7) is 5.20. The monoisotopic (exact) mass is 385 g/mol. The summed E-state index contributed by atoms with van der Waals surface area (Å²) >= 11 is 11.9. The van der Waals surface area contributed by atoms with Crippen LogP contribution >= 0.6 is 23.2 Å². The summed E-state index contributed by atoms with van der Waals surface area (Å²) in [6, 6.07) is 8.67. The Labute approximate surface area is 155 Å². The van der Waals surface area contributed by atoms with E-state index < -0.39 is 23.6 Å². The molecule has 2 N–H and O–H groups in total. The van der Waals surface area contributed by atoms with Gasteiger partial charge in [-0.3, -0.25) is 5.32 Å². The Morgan fingerprint density at radius 3 is 2.52 bits per heavy atom. The van der Waals surface area contributed by atoms with Gasteiger partial charge in [0, 0.05) is 16.1 Å². The number of ether oxygens (including phenoxy) is 1. The predicted molar refractivity (Wildman–Crippen MR) is 96.8 cm³/mol. The molecule has 2 aromatic rings. The second kappa shape index (κ2) is 7.60. The number of amides is 1. The Hall–Kier alpha value is -1.82. The van der Waals surface area contributed by atoms with Crippen LogP contribution in [0.4, 0.5) is 14.9 Å². The normalized spacial score (nSPS) is 12.6. The van der Waals surface area contributed by atoms with Crippen molar-refractivity contribution in [3.05, 3.63) is 63.4 Å². The van der Waals surface area contributed by atoms with Gasteiger partial charge in [-0.1, -0.05) is 35.3 Å². The Morgan fingerprint density at radius 1 is 1.20 bits per heavy atom. The van der Waals surface area contributed by atoms with Crippen LogP contribution in [0.3, 0.4) is 0 Å². The lowest BCUT2D eigenvalue weighted by molar-refractivity contribution is 0.0635. The molecule has 0 aliphatic heterocycles. The molecule has 25 heavy (non-hydrogen) atoms. The zero-order valence-corrected chi connectivity index (χ0v) is 15.5. The molecule has 0 saturated carbocycles. The first-order valence-corrected chi connectivity index (χ1v) is 8.25. The van der Waals surface area contributed by atoms with Crippen LogP contribution in [-0.2, 0) is 4.74 Å². The van der Waals surface area contributed by atoms with E-state index >= 15 is 0 Å². The van der Waals surface area contributed by atoms with Gasteiger partial charge >= 0.3 is 6.09 Å². The minimum absolute atomic E-state index is 0.163. The maximum Gasteiger partial charge on any atom is 0.412 e. The number of anilines is 1. The fourth-order valence-corrected chi connectivity index (χ4v) is 2.60. The smallest absolute Gasteiger partial charge is 0.412 e. The molecular weight excluding hydrogens is 368 g/mol. The van der Waals surface area contributed by atoms with E-state index in [-0.39, 0.29) is 21.8 Å². The van der Waals surface area contributed by atoms with Gasteiger partial charge in [0.2, 0.25) is 0 Å². The molecule has 4 nitrogen and oxygen atoms in total. The third-order valence-electron chi connectivity index (χ3n) is 3.22. The first kappa shape index (κ1) is 19.5. The van der Waals surface area contributed by atoms with Crippen molar-refractivity contribution in [2.45, 2.75) is 32.5 Å². The summed E-state index contributed by atoms with van der Waals surface area (Å²) in [7, 11) is 0. The van der Waals surface area contributed by atoms with Crippen molar-refractivity contribution >= 4 is 35.0 Å². The lowest BCUT2D eigenvalue weighted by Crippen LogP contribution is -2.27. The molecule has 0 bridgehead atoms. The molecule has 0 aromatic heterocycles. The van der Waals surface area contributed by atoms with Crippen molar-refractivity contribution in [1.29, 1.82) is 0 Å². The number of carbonyl (C=O) groups is 1. The van der Waals surface area contributed by atoms with Crippen LogP contribution in [-0.4, -0.2) is 16.8 Å². The summed E-state index contributed by atoms with van der Waals surface area (Å²) in [5.41, 5.74) is 0.0368. The fraction of sp³-hybridized carbons (Fsp3) is 0.278. The van der Waals surface area contributed by atoms with E-state index in [0.29, 0.717) is 5.02 Å². The first-order chi connectivity index (χ1) is 11.6. The Kier molecular flexibility index (Phi) is 5.93. The van der Waals surface area contributed by atoms with Crippen LogP contribution in [0.25, 0.3) is 0 Å². The van der Waals surface area contributed by atoms with E-state index in [1.54, 1.807) is 26.8 Å². The summed E-state index contributed by atoms with van der Waals surface area (Å²) < 4.78 is 18.9. The highest BCUT2D eigenvalue weighted by molar-refractivity contribution is 6.31. The molecule has 0 saturated heterocycles. The van der Waals surface area contributed by atoms with Gasteiger partial charge in [-0.15, -0.1) is 0 Å². The number of hydrogen-bond donors (Lipinski definition) is 2. The highest BCUT2D eigenvalue weighted by Crippen LogP contribution is 2.35. The minimum atomic E-state index is -1.29. The van der Waals surface area contributed by atoms with Crippen LogP contribution < -0.4 is 5.32 Å². The number of hydrogen-bond acceptors (Lipinski definition) is 3. The summed E-state index contributed by atoms with van der Waals surface area (Å²) in [6.07, 6.45) is -1.97. The van der Waals surface area contributed by atoms with Gasteiger partial charge in [0.1, 0.15) is 17.5 Å². The molecule has 0 spiro atoms. The van der Waals surface area contributed by atoms with Crippen molar-refractivity contribution in [1.82, 2.24) is 0 Å². The highest BCUT2D eigenvalue weighted by atomic mass is 35.5. The fourth-order valence-electron chi connectivity index (χ4n) is 2.19.